The van der Waals surface area contributed by atoms with Gasteiger partial charge in [0.1, 0.15) is 42.9 Å². The van der Waals surface area contributed by atoms with E-state index in [4.69, 9.17) is 20.4 Å². The molecule has 0 radical (unpaired) electrons. The van der Waals surface area contributed by atoms with Crippen LogP contribution in [0.4, 0.5) is 0 Å². The van der Waals surface area contributed by atoms with Gasteiger partial charge >= 0.3 is 0 Å². The van der Waals surface area contributed by atoms with E-state index in [1.165, 1.54) is 0 Å². The molecule has 0 aliphatic carbocycles. The summed E-state index contributed by atoms with van der Waals surface area (Å²) in [6.07, 6.45) is -13.3. The summed E-state index contributed by atoms with van der Waals surface area (Å²) in [5.74, 6) is -4.09. The van der Waals surface area contributed by atoms with Crippen LogP contribution in [0.15, 0.2) is 23.5 Å². The van der Waals surface area contributed by atoms with Gasteiger partial charge in [-0.2, -0.15) is 0 Å². The van der Waals surface area contributed by atoms with Crippen molar-refractivity contribution in [2.24, 2.45) is 0 Å². The molecule has 6 atom stereocenters. The molecule has 0 aliphatic heterocycles. The zero-order valence-electron chi connectivity index (χ0n) is 11.2. The average Bonchev–Trinajstić information content (AvgIpc) is 2.55. The second-order valence-corrected chi connectivity index (χ2v) is 4.39. The highest BCUT2D eigenvalue weighted by molar-refractivity contribution is 5.14. The second-order valence-electron chi connectivity index (χ2n) is 4.39. The average molecular weight is 328 g/mol. The Bertz CT molecular complexity index is 407. The van der Waals surface area contributed by atoms with Crippen molar-refractivity contribution < 1.29 is 56.2 Å². The molecule has 22 heavy (non-hydrogen) atoms. The van der Waals surface area contributed by atoms with Crippen LogP contribution in [0.3, 0.4) is 0 Å². The van der Waals surface area contributed by atoms with Crippen molar-refractivity contribution in [1.29, 1.82) is 0 Å². The van der Waals surface area contributed by atoms with Crippen molar-refractivity contribution in [3.05, 3.63) is 23.5 Å². The maximum absolute atomic E-state index is 9.50. The van der Waals surface area contributed by atoms with Crippen molar-refractivity contribution in [2.75, 3.05) is 6.61 Å². The molecule has 130 valence electrons. The first-order valence-electron chi connectivity index (χ1n) is 5.94. The SMILES string of the molecule is OC=C(O)[C@@H](O)[C@H](O)[C@@H](O)C(O)=C(O)[C@H](O)[C@@H](O)[C@H](O)CO. The van der Waals surface area contributed by atoms with E-state index in [1.54, 1.807) is 0 Å². The van der Waals surface area contributed by atoms with Gasteiger partial charge in [-0.3, -0.25) is 0 Å². The molecule has 0 saturated heterocycles. The Morgan fingerprint density at radius 3 is 1.50 bits per heavy atom. The summed E-state index contributed by atoms with van der Waals surface area (Å²) in [6, 6.07) is 0. The van der Waals surface area contributed by atoms with Crippen LogP contribution < -0.4 is 0 Å². The minimum absolute atomic E-state index is 0.0113. The number of hydrogen-bond donors (Lipinski definition) is 11. The van der Waals surface area contributed by atoms with E-state index < -0.39 is 60.5 Å². The molecule has 0 fully saturated rings. The fourth-order valence-electron chi connectivity index (χ4n) is 1.37. The van der Waals surface area contributed by atoms with E-state index in [1.807, 2.05) is 0 Å². The predicted molar refractivity (Wildman–Crippen MR) is 68.8 cm³/mol. The molecular formula is C11H20O11. The van der Waals surface area contributed by atoms with E-state index in [9.17, 15) is 35.7 Å². The third-order valence-corrected chi connectivity index (χ3v) is 2.81. The van der Waals surface area contributed by atoms with Crippen molar-refractivity contribution >= 4 is 0 Å². The summed E-state index contributed by atoms with van der Waals surface area (Å²) in [7, 11) is 0. The van der Waals surface area contributed by atoms with Crippen LogP contribution >= 0.6 is 0 Å². The van der Waals surface area contributed by atoms with Gasteiger partial charge in [0.25, 0.3) is 0 Å². The summed E-state index contributed by atoms with van der Waals surface area (Å²) in [5, 5.41) is 101. The van der Waals surface area contributed by atoms with E-state index in [-0.39, 0.29) is 6.26 Å². The zero-order chi connectivity index (χ0) is 17.6. The zero-order valence-corrected chi connectivity index (χ0v) is 11.2. The van der Waals surface area contributed by atoms with Crippen LogP contribution in [0.1, 0.15) is 0 Å². The first kappa shape index (κ1) is 20.4. The Hall–Kier alpha value is -1.60. The van der Waals surface area contributed by atoms with Crippen LogP contribution in [0.5, 0.6) is 0 Å². The molecule has 0 aliphatic rings. The lowest BCUT2D eigenvalue weighted by Gasteiger charge is -2.25. The summed E-state index contributed by atoms with van der Waals surface area (Å²) in [5.41, 5.74) is 0. The summed E-state index contributed by atoms with van der Waals surface area (Å²) in [4.78, 5) is 0. The largest absolute Gasteiger partial charge is 0.512 e. The summed E-state index contributed by atoms with van der Waals surface area (Å²) in [6.45, 7) is -0.981. The highest BCUT2D eigenvalue weighted by atomic mass is 16.4. The highest BCUT2D eigenvalue weighted by Gasteiger charge is 2.36. The molecule has 11 heteroatoms. The topological polar surface area (TPSA) is 223 Å². The van der Waals surface area contributed by atoms with Gasteiger partial charge in [-0.15, -0.1) is 0 Å². The third-order valence-electron chi connectivity index (χ3n) is 2.81. The van der Waals surface area contributed by atoms with E-state index in [0.717, 1.165) is 0 Å². The predicted octanol–water partition coefficient (Wildman–Crippen LogP) is -3.57. The fourth-order valence-corrected chi connectivity index (χ4v) is 1.37. The summed E-state index contributed by atoms with van der Waals surface area (Å²) >= 11 is 0. The molecule has 0 saturated carbocycles. The molecule has 0 rings (SSSR count). The molecule has 0 aromatic carbocycles. The van der Waals surface area contributed by atoms with Crippen molar-refractivity contribution in [3.63, 3.8) is 0 Å². The van der Waals surface area contributed by atoms with E-state index in [2.05, 4.69) is 0 Å². The lowest BCUT2D eigenvalue weighted by molar-refractivity contribution is -0.0829. The van der Waals surface area contributed by atoms with Gasteiger partial charge in [0, 0.05) is 0 Å². The fraction of sp³-hybridized carbons (Fsp3) is 0.636. The quantitative estimate of drug-likeness (QED) is 0.195. The van der Waals surface area contributed by atoms with Gasteiger partial charge in [0.05, 0.1) is 6.61 Å². The van der Waals surface area contributed by atoms with Gasteiger partial charge in [0.2, 0.25) is 0 Å². The minimum Gasteiger partial charge on any atom is -0.512 e. The first-order valence-corrected chi connectivity index (χ1v) is 5.94. The monoisotopic (exact) mass is 328 g/mol. The molecule has 0 heterocycles. The maximum atomic E-state index is 9.50. The van der Waals surface area contributed by atoms with Crippen molar-refractivity contribution in [1.82, 2.24) is 0 Å². The Balaban J connectivity index is 5.22. The number of hydrogen-bond acceptors (Lipinski definition) is 11. The molecule has 11 nitrogen and oxygen atoms in total. The Kier molecular flexibility index (Phi) is 8.11. The number of aliphatic hydroxyl groups excluding tert-OH is 11. The van der Waals surface area contributed by atoms with Gasteiger partial charge in [-0.1, -0.05) is 0 Å². The lowest BCUT2D eigenvalue weighted by Crippen LogP contribution is -2.43. The van der Waals surface area contributed by atoms with Gasteiger partial charge in [-0.05, 0) is 0 Å². The van der Waals surface area contributed by atoms with E-state index >= 15 is 0 Å². The molecule has 0 spiro atoms. The Labute approximate surface area is 124 Å². The molecule has 11 N–H and O–H groups in total. The van der Waals surface area contributed by atoms with E-state index in [0.29, 0.717) is 0 Å². The van der Waals surface area contributed by atoms with Crippen LogP contribution in [0, 0.1) is 0 Å². The molecule has 0 bridgehead atoms. The molecule has 0 aromatic rings. The van der Waals surface area contributed by atoms with Gasteiger partial charge < -0.3 is 56.2 Å². The molecular weight excluding hydrogens is 308 g/mol. The highest BCUT2D eigenvalue weighted by Crippen LogP contribution is 2.18. The first-order chi connectivity index (χ1) is 10.1. The van der Waals surface area contributed by atoms with Crippen molar-refractivity contribution in [3.8, 4) is 0 Å². The minimum atomic E-state index is -2.43. The van der Waals surface area contributed by atoms with Crippen LogP contribution in [0.25, 0.3) is 0 Å². The normalized spacial score (nSPS) is 22.2. The number of rotatable bonds is 8. The van der Waals surface area contributed by atoms with Gasteiger partial charge in [0.15, 0.2) is 17.3 Å². The maximum Gasteiger partial charge on any atom is 0.164 e. The molecule has 0 unspecified atom stereocenters. The number of aliphatic hydroxyl groups is 11. The van der Waals surface area contributed by atoms with Crippen LogP contribution in [0.2, 0.25) is 0 Å². The smallest absolute Gasteiger partial charge is 0.164 e. The van der Waals surface area contributed by atoms with Crippen LogP contribution in [-0.4, -0.2) is 99.4 Å². The van der Waals surface area contributed by atoms with Crippen LogP contribution in [-0.2, 0) is 0 Å². The lowest BCUT2D eigenvalue weighted by atomic mass is 10.0. The third kappa shape index (κ3) is 4.71. The second kappa shape index (κ2) is 8.75. The van der Waals surface area contributed by atoms with Crippen molar-refractivity contribution in [2.45, 2.75) is 36.6 Å². The standard InChI is InChI=1S/C11H20O11/c12-1-3(14)5(16)7(18)9(20)11(22)10(21)8(19)6(17)4(15)2-13/h1,4-9,12-22H,2H2/t4-,5-,6+,7+,8-,9-/m1/s1. The summed E-state index contributed by atoms with van der Waals surface area (Å²) < 4.78 is 0. The molecule has 0 aromatic heterocycles. The Morgan fingerprint density at radius 1 is 0.727 bits per heavy atom. The molecule has 0 amide bonds. The Morgan fingerprint density at radius 2 is 1.14 bits per heavy atom. The van der Waals surface area contributed by atoms with Gasteiger partial charge in [-0.25, -0.2) is 0 Å².